The van der Waals surface area contributed by atoms with Crippen LogP contribution in [-0.4, -0.2) is 18.2 Å². The first kappa shape index (κ1) is 12.9. The minimum absolute atomic E-state index is 0.0124. The van der Waals surface area contributed by atoms with Gasteiger partial charge in [-0.25, -0.2) is 0 Å². The standard InChI is InChI=1S/C16H24N2O/c1-16(2)10-13(7-8-19-16)18-15-6-3-11-9-12(17)4-5-14(11)15/h4-5,9,13,15,18H,3,6-8,10,17H2,1-2H3. The molecule has 3 nitrogen and oxygen atoms in total. The third-order valence-corrected chi connectivity index (χ3v) is 4.38. The summed E-state index contributed by atoms with van der Waals surface area (Å²) in [4.78, 5) is 0. The number of hydrogen-bond acceptors (Lipinski definition) is 3. The summed E-state index contributed by atoms with van der Waals surface area (Å²) in [5.41, 5.74) is 9.62. The monoisotopic (exact) mass is 260 g/mol. The van der Waals surface area contributed by atoms with Crippen molar-refractivity contribution in [3.8, 4) is 0 Å². The second-order valence-electron chi connectivity index (χ2n) is 6.51. The molecule has 2 aliphatic rings. The van der Waals surface area contributed by atoms with Crippen molar-refractivity contribution in [3.05, 3.63) is 29.3 Å². The highest BCUT2D eigenvalue weighted by Crippen LogP contribution is 2.34. The molecule has 1 heterocycles. The van der Waals surface area contributed by atoms with Crippen molar-refractivity contribution in [2.45, 2.75) is 57.2 Å². The lowest BCUT2D eigenvalue weighted by atomic mass is 9.93. The van der Waals surface area contributed by atoms with Gasteiger partial charge in [-0.05, 0) is 62.8 Å². The van der Waals surface area contributed by atoms with Gasteiger partial charge in [-0.2, -0.15) is 0 Å². The third kappa shape index (κ3) is 2.77. The Morgan fingerprint density at radius 3 is 2.95 bits per heavy atom. The molecule has 2 unspecified atom stereocenters. The number of benzene rings is 1. The van der Waals surface area contributed by atoms with Crippen LogP contribution in [0.4, 0.5) is 5.69 Å². The average Bonchev–Trinajstić information content (AvgIpc) is 2.70. The molecule has 1 fully saturated rings. The maximum Gasteiger partial charge on any atom is 0.0641 e. The van der Waals surface area contributed by atoms with Crippen molar-refractivity contribution in [3.63, 3.8) is 0 Å². The van der Waals surface area contributed by atoms with Gasteiger partial charge in [0.2, 0.25) is 0 Å². The molecule has 0 spiro atoms. The molecule has 0 radical (unpaired) electrons. The van der Waals surface area contributed by atoms with Crippen molar-refractivity contribution in [1.82, 2.24) is 5.32 Å². The number of nitrogens with two attached hydrogens (primary N) is 1. The quantitative estimate of drug-likeness (QED) is 0.804. The summed E-state index contributed by atoms with van der Waals surface area (Å²) in [6.07, 6.45) is 4.54. The zero-order valence-electron chi connectivity index (χ0n) is 11.9. The van der Waals surface area contributed by atoms with E-state index in [0.717, 1.165) is 31.6 Å². The topological polar surface area (TPSA) is 47.3 Å². The molecule has 1 saturated heterocycles. The molecule has 19 heavy (non-hydrogen) atoms. The normalized spacial score (nSPS) is 29.2. The second-order valence-corrected chi connectivity index (χ2v) is 6.51. The fraction of sp³-hybridized carbons (Fsp3) is 0.625. The minimum atomic E-state index is 0.0124. The lowest BCUT2D eigenvalue weighted by Gasteiger charge is -2.37. The van der Waals surface area contributed by atoms with E-state index in [1.165, 1.54) is 17.5 Å². The van der Waals surface area contributed by atoms with Gasteiger partial charge in [0.05, 0.1) is 5.60 Å². The van der Waals surface area contributed by atoms with Crippen LogP contribution in [0.3, 0.4) is 0 Å². The SMILES string of the molecule is CC1(C)CC(NC2CCc3cc(N)ccc32)CCO1. The van der Waals surface area contributed by atoms with Crippen molar-refractivity contribution in [2.24, 2.45) is 0 Å². The van der Waals surface area contributed by atoms with E-state index in [4.69, 9.17) is 10.5 Å². The first-order valence-corrected chi connectivity index (χ1v) is 7.32. The van der Waals surface area contributed by atoms with Gasteiger partial charge in [0.1, 0.15) is 0 Å². The van der Waals surface area contributed by atoms with E-state index in [0.29, 0.717) is 12.1 Å². The van der Waals surface area contributed by atoms with Crippen LogP contribution < -0.4 is 11.1 Å². The Bertz CT molecular complexity index is 470. The van der Waals surface area contributed by atoms with Crippen LogP contribution in [-0.2, 0) is 11.2 Å². The third-order valence-electron chi connectivity index (χ3n) is 4.38. The number of anilines is 1. The van der Waals surface area contributed by atoms with Crippen LogP contribution in [0.2, 0.25) is 0 Å². The number of hydrogen-bond donors (Lipinski definition) is 2. The van der Waals surface area contributed by atoms with Gasteiger partial charge in [-0.15, -0.1) is 0 Å². The molecular formula is C16H24N2O. The van der Waals surface area contributed by atoms with Crippen molar-refractivity contribution >= 4 is 5.69 Å². The molecule has 0 bridgehead atoms. The number of nitrogens with one attached hydrogen (secondary N) is 1. The van der Waals surface area contributed by atoms with Crippen molar-refractivity contribution < 1.29 is 4.74 Å². The number of aryl methyl sites for hydroxylation is 1. The highest BCUT2D eigenvalue weighted by molar-refractivity contribution is 5.47. The average molecular weight is 260 g/mol. The predicted octanol–water partition coefficient (Wildman–Crippen LogP) is 2.80. The summed E-state index contributed by atoms with van der Waals surface area (Å²) in [7, 11) is 0. The van der Waals surface area contributed by atoms with Crippen LogP contribution in [0.5, 0.6) is 0 Å². The molecule has 0 amide bonds. The smallest absolute Gasteiger partial charge is 0.0641 e. The Morgan fingerprint density at radius 2 is 2.16 bits per heavy atom. The lowest BCUT2D eigenvalue weighted by molar-refractivity contribution is -0.0642. The van der Waals surface area contributed by atoms with E-state index < -0.39 is 0 Å². The van der Waals surface area contributed by atoms with Crippen molar-refractivity contribution in [1.29, 1.82) is 0 Å². The minimum Gasteiger partial charge on any atom is -0.399 e. The summed E-state index contributed by atoms with van der Waals surface area (Å²) >= 11 is 0. The summed E-state index contributed by atoms with van der Waals surface area (Å²) in [5.74, 6) is 0. The predicted molar refractivity (Wildman–Crippen MR) is 78.1 cm³/mol. The van der Waals surface area contributed by atoms with Crippen LogP contribution in [0.25, 0.3) is 0 Å². The summed E-state index contributed by atoms with van der Waals surface area (Å²) < 4.78 is 5.79. The molecule has 1 aromatic carbocycles. The van der Waals surface area contributed by atoms with Gasteiger partial charge in [0.25, 0.3) is 0 Å². The first-order chi connectivity index (χ1) is 9.03. The van der Waals surface area contributed by atoms with Gasteiger partial charge in [-0.3, -0.25) is 0 Å². The zero-order chi connectivity index (χ0) is 13.5. The molecule has 1 aromatic rings. The Balaban J connectivity index is 1.69. The van der Waals surface area contributed by atoms with Crippen LogP contribution in [0, 0.1) is 0 Å². The zero-order valence-corrected chi connectivity index (χ0v) is 11.9. The highest BCUT2D eigenvalue weighted by atomic mass is 16.5. The second kappa shape index (κ2) is 4.80. The molecule has 104 valence electrons. The molecule has 3 N–H and O–H groups in total. The van der Waals surface area contributed by atoms with Gasteiger partial charge in [0.15, 0.2) is 0 Å². The molecule has 0 saturated carbocycles. The number of ether oxygens (including phenoxy) is 1. The highest BCUT2D eigenvalue weighted by Gasteiger charge is 2.31. The maximum absolute atomic E-state index is 5.86. The number of rotatable bonds is 2. The Kier molecular flexibility index (Phi) is 3.27. The van der Waals surface area contributed by atoms with Crippen molar-refractivity contribution in [2.75, 3.05) is 12.3 Å². The first-order valence-electron chi connectivity index (χ1n) is 7.32. The van der Waals surface area contributed by atoms with E-state index in [9.17, 15) is 0 Å². The summed E-state index contributed by atoms with van der Waals surface area (Å²) in [5, 5.41) is 3.83. The van der Waals surface area contributed by atoms with Crippen LogP contribution >= 0.6 is 0 Å². The van der Waals surface area contributed by atoms with Crippen LogP contribution in [0.15, 0.2) is 18.2 Å². The molecular weight excluding hydrogens is 236 g/mol. The Labute approximate surface area is 115 Å². The van der Waals surface area contributed by atoms with Gasteiger partial charge in [0, 0.05) is 24.4 Å². The number of nitrogen functional groups attached to an aromatic ring is 1. The van der Waals surface area contributed by atoms with E-state index in [-0.39, 0.29) is 5.60 Å². The number of fused-ring (bicyclic) bond motifs is 1. The van der Waals surface area contributed by atoms with E-state index in [1.807, 2.05) is 6.07 Å². The van der Waals surface area contributed by atoms with E-state index in [2.05, 4.69) is 31.3 Å². The molecule has 3 heteroatoms. The molecule has 1 aliphatic carbocycles. The molecule has 3 rings (SSSR count). The van der Waals surface area contributed by atoms with E-state index in [1.54, 1.807) is 0 Å². The summed E-state index contributed by atoms with van der Waals surface area (Å²) in [6, 6.07) is 7.41. The Morgan fingerprint density at radius 1 is 1.32 bits per heavy atom. The Hall–Kier alpha value is -1.06. The molecule has 1 aliphatic heterocycles. The maximum atomic E-state index is 5.86. The summed E-state index contributed by atoms with van der Waals surface area (Å²) in [6.45, 7) is 5.24. The lowest BCUT2D eigenvalue weighted by Crippen LogP contribution is -2.44. The largest absolute Gasteiger partial charge is 0.399 e. The fourth-order valence-corrected chi connectivity index (χ4v) is 3.47. The van der Waals surface area contributed by atoms with E-state index >= 15 is 0 Å². The molecule has 2 atom stereocenters. The fourth-order valence-electron chi connectivity index (χ4n) is 3.47. The molecule has 0 aromatic heterocycles. The van der Waals surface area contributed by atoms with Crippen LogP contribution in [0.1, 0.15) is 50.3 Å². The van der Waals surface area contributed by atoms with Gasteiger partial charge in [-0.1, -0.05) is 6.07 Å². The van der Waals surface area contributed by atoms with Gasteiger partial charge >= 0.3 is 0 Å². The van der Waals surface area contributed by atoms with Gasteiger partial charge < -0.3 is 15.8 Å².